The maximum atomic E-state index is 12.5. The molecule has 0 radical (unpaired) electrons. The third kappa shape index (κ3) is 5.82. The molecule has 5 N–H and O–H groups in total. The number of hydrogen-bond acceptors (Lipinski definition) is 4. The van der Waals surface area contributed by atoms with Crippen molar-refractivity contribution in [3.8, 4) is 0 Å². The van der Waals surface area contributed by atoms with E-state index in [2.05, 4.69) is 10.2 Å². The second-order valence-electron chi connectivity index (χ2n) is 7.25. The number of hydrogen-bond donors (Lipinski definition) is 3. The summed E-state index contributed by atoms with van der Waals surface area (Å²) in [6, 6.07) is 7.67. The van der Waals surface area contributed by atoms with E-state index in [0.29, 0.717) is 19.0 Å². The molecule has 0 aromatic heterocycles. The Bertz CT molecular complexity index is 644. The van der Waals surface area contributed by atoms with E-state index in [-0.39, 0.29) is 48.6 Å². The number of anilines is 1. The summed E-state index contributed by atoms with van der Waals surface area (Å²) >= 11 is 0. The van der Waals surface area contributed by atoms with E-state index in [0.717, 1.165) is 49.9 Å². The zero-order valence-corrected chi connectivity index (χ0v) is 17.1. The van der Waals surface area contributed by atoms with Crippen molar-refractivity contribution in [2.75, 3.05) is 18.4 Å². The molecule has 3 rings (SSSR count). The SMILES string of the molecule is Cl.Cl.NC[C@H]1CCC[C@H]1C(=O)Nc1cccc(CN2CCCC2C(N)=O)c1. The van der Waals surface area contributed by atoms with Crippen LogP contribution >= 0.6 is 24.8 Å². The first-order valence-electron chi connectivity index (χ1n) is 9.21. The number of carbonyl (C=O) groups is 2. The molecular formula is C19H30Cl2N4O2. The van der Waals surface area contributed by atoms with Gasteiger partial charge in [-0.25, -0.2) is 0 Å². The van der Waals surface area contributed by atoms with E-state index in [1.165, 1.54) is 0 Å². The van der Waals surface area contributed by atoms with E-state index in [9.17, 15) is 9.59 Å². The fraction of sp³-hybridized carbons (Fsp3) is 0.579. The van der Waals surface area contributed by atoms with Crippen LogP contribution in [0.15, 0.2) is 24.3 Å². The second kappa shape index (κ2) is 10.9. The van der Waals surface area contributed by atoms with Gasteiger partial charge in [0.05, 0.1) is 6.04 Å². The Kier molecular flexibility index (Phi) is 9.53. The lowest BCUT2D eigenvalue weighted by atomic mass is 9.95. The highest BCUT2D eigenvalue weighted by Gasteiger charge is 2.32. The smallest absolute Gasteiger partial charge is 0.234 e. The van der Waals surface area contributed by atoms with Gasteiger partial charge in [0.15, 0.2) is 0 Å². The van der Waals surface area contributed by atoms with Gasteiger partial charge in [-0.1, -0.05) is 18.6 Å². The number of likely N-dealkylation sites (tertiary alicyclic amines) is 1. The van der Waals surface area contributed by atoms with Crippen molar-refractivity contribution in [1.29, 1.82) is 0 Å². The standard InChI is InChI=1S/C19H28N4O2.2ClH/c20-11-14-5-2-7-16(14)19(25)22-15-6-1-4-13(10-15)12-23-9-3-8-17(23)18(21)24;;/h1,4,6,10,14,16-17H,2-3,5,7-9,11-12,20H2,(H2,21,24)(H,22,25);2*1H/t14-,16-,17?;;/m1../s1. The molecule has 2 aliphatic rings. The molecule has 1 aromatic rings. The van der Waals surface area contributed by atoms with Crippen LogP contribution in [0, 0.1) is 11.8 Å². The number of nitrogens with one attached hydrogen (secondary N) is 1. The van der Waals surface area contributed by atoms with Crippen molar-refractivity contribution in [3.05, 3.63) is 29.8 Å². The molecule has 1 saturated carbocycles. The summed E-state index contributed by atoms with van der Waals surface area (Å²) in [5, 5.41) is 3.04. The lowest BCUT2D eigenvalue weighted by Gasteiger charge is -2.22. The summed E-state index contributed by atoms with van der Waals surface area (Å²) in [4.78, 5) is 26.2. The maximum Gasteiger partial charge on any atom is 0.234 e. The molecule has 8 heteroatoms. The molecule has 2 amide bonds. The van der Waals surface area contributed by atoms with Gasteiger partial charge < -0.3 is 16.8 Å². The van der Waals surface area contributed by atoms with E-state index < -0.39 is 0 Å². The van der Waals surface area contributed by atoms with Crippen molar-refractivity contribution in [3.63, 3.8) is 0 Å². The van der Waals surface area contributed by atoms with Gasteiger partial charge in [-0.2, -0.15) is 0 Å². The summed E-state index contributed by atoms with van der Waals surface area (Å²) in [6.45, 7) is 2.12. The molecule has 1 saturated heterocycles. The first-order chi connectivity index (χ1) is 12.1. The first-order valence-corrected chi connectivity index (χ1v) is 9.21. The minimum atomic E-state index is -0.254. The lowest BCUT2D eigenvalue weighted by Crippen LogP contribution is -2.39. The van der Waals surface area contributed by atoms with Gasteiger partial charge in [0, 0.05) is 18.2 Å². The number of benzene rings is 1. The fourth-order valence-electron chi connectivity index (χ4n) is 4.22. The zero-order chi connectivity index (χ0) is 17.8. The molecule has 0 spiro atoms. The van der Waals surface area contributed by atoms with Crippen LogP contribution in [-0.4, -0.2) is 35.8 Å². The Hall–Kier alpha value is -1.34. The average molecular weight is 417 g/mol. The van der Waals surface area contributed by atoms with E-state index in [4.69, 9.17) is 11.5 Å². The minimum Gasteiger partial charge on any atom is -0.368 e. The number of rotatable bonds is 6. The number of amides is 2. The Balaban J connectivity index is 0.00000182. The second-order valence-corrected chi connectivity index (χ2v) is 7.25. The summed E-state index contributed by atoms with van der Waals surface area (Å²) in [5.74, 6) is 0.132. The van der Waals surface area contributed by atoms with Crippen molar-refractivity contribution >= 4 is 42.3 Å². The first kappa shape index (κ1) is 23.7. The molecular weight excluding hydrogens is 387 g/mol. The largest absolute Gasteiger partial charge is 0.368 e. The maximum absolute atomic E-state index is 12.5. The molecule has 3 atom stereocenters. The quantitative estimate of drug-likeness (QED) is 0.661. The van der Waals surface area contributed by atoms with Crippen LogP contribution in [0.2, 0.25) is 0 Å². The van der Waals surface area contributed by atoms with Crippen LogP contribution in [0.4, 0.5) is 5.69 Å². The highest BCUT2D eigenvalue weighted by atomic mass is 35.5. The molecule has 0 bridgehead atoms. The van der Waals surface area contributed by atoms with Gasteiger partial charge >= 0.3 is 0 Å². The summed E-state index contributed by atoms with van der Waals surface area (Å²) in [7, 11) is 0. The predicted molar refractivity (Wildman–Crippen MR) is 112 cm³/mol. The molecule has 1 aromatic carbocycles. The Morgan fingerprint density at radius 1 is 1.15 bits per heavy atom. The molecule has 1 unspecified atom stereocenters. The summed E-state index contributed by atoms with van der Waals surface area (Å²) in [5.41, 5.74) is 13.2. The molecule has 1 aliphatic carbocycles. The van der Waals surface area contributed by atoms with E-state index >= 15 is 0 Å². The van der Waals surface area contributed by atoms with Gasteiger partial charge in [-0.3, -0.25) is 14.5 Å². The summed E-state index contributed by atoms with van der Waals surface area (Å²) in [6.07, 6.45) is 4.85. The highest BCUT2D eigenvalue weighted by Crippen LogP contribution is 2.32. The molecule has 1 heterocycles. The van der Waals surface area contributed by atoms with E-state index in [1.807, 2.05) is 24.3 Å². The number of nitrogens with two attached hydrogens (primary N) is 2. The normalized spacial score (nSPS) is 24.7. The monoisotopic (exact) mass is 416 g/mol. The van der Waals surface area contributed by atoms with Gasteiger partial charge in [0.25, 0.3) is 0 Å². The lowest BCUT2D eigenvalue weighted by molar-refractivity contribution is -0.122. The Morgan fingerprint density at radius 3 is 2.63 bits per heavy atom. The van der Waals surface area contributed by atoms with E-state index in [1.54, 1.807) is 0 Å². The van der Waals surface area contributed by atoms with Crippen LogP contribution in [0.5, 0.6) is 0 Å². The Morgan fingerprint density at radius 2 is 1.93 bits per heavy atom. The number of carbonyl (C=O) groups excluding carboxylic acids is 2. The van der Waals surface area contributed by atoms with Crippen LogP contribution in [0.25, 0.3) is 0 Å². The van der Waals surface area contributed by atoms with Crippen LogP contribution in [-0.2, 0) is 16.1 Å². The number of halogens is 2. The molecule has 1 aliphatic heterocycles. The predicted octanol–water partition coefficient (Wildman–Crippen LogP) is 2.29. The van der Waals surface area contributed by atoms with Crippen molar-refractivity contribution in [2.45, 2.75) is 44.7 Å². The van der Waals surface area contributed by atoms with Crippen molar-refractivity contribution in [1.82, 2.24) is 4.90 Å². The van der Waals surface area contributed by atoms with Gasteiger partial charge in [-0.15, -0.1) is 24.8 Å². The highest BCUT2D eigenvalue weighted by molar-refractivity contribution is 5.93. The third-order valence-electron chi connectivity index (χ3n) is 5.57. The average Bonchev–Trinajstić information content (AvgIpc) is 3.23. The summed E-state index contributed by atoms with van der Waals surface area (Å²) < 4.78 is 0. The molecule has 27 heavy (non-hydrogen) atoms. The van der Waals surface area contributed by atoms with Crippen molar-refractivity contribution < 1.29 is 9.59 Å². The van der Waals surface area contributed by atoms with Crippen LogP contribution in [0.1, 0.15) is 37.7 Å². The minimum absolute atomic E-state index is 0. The zero-order valence-electron chi connectivity index (χ0n) is 15.4. The number of primary amides is 1. The Labute approximate surface area is 173 Å². The fourth-order valence-corrected chi connectivity index (χ4v) is 4.22. The van der Waals surface area contributed by atoms with Crippen LogP contribution in [0.3, 0.4) is 0 Å². The van der Waals surface area contributed by atoms with Gasteiger partial charge in [0.2, 0.25) is 11.8 Å². The molecule has 6 nitrogen and oxygen atoms in total. The van der Waals surface area contributed by atoms with Gasteiger partial charge in [-0.05, 0) is 62.4 Å². The molecule has 152 valence electrons. The topological polar surface area (TPSA) is 101 Å². The van der Waals surface area contributed by atoms with Crippen molar-refractivity contribution in [2.24, 2.45) is 23.3 Å². The molecule has 2 fully saturated rings. The van der Waals surface area contributed by atoms with Crippen LogP contribution < -0.4 is 16.8 Å². The van der Waals surface area contributed by atoms with Gasteiger partial charge in [0.1, 0.15) is 0 Å². The number of nitrogens with zero attached hydrogens (tertiary/aromatic N) is 1. The third-order valence-corrected chi connectivity index (χ3v) is 5.57.